The van der Waals surface area contributed by atoms with Gasteiger partial charge in [-0.3, -0.25) is 0 Å². The molecule has 0 bridgehead atoms. The van der Waals surface area contributed by atoms with E-state index in [4.69, 9.17) is 14.7 Å². The number of benzene rings is 1. The Kier molecular flexibility index (Phi) is 6.55. The Balaban J connectivity index is 1.25. The van der Waals surface area contributed by atoms with Crippen molar-refractivity contribution in [3.05, 3.63) is 54.0 Å². The molecule has 2 saturated heterocycles. The van der Waals surface area contributed by atoms with E-state index in [2.05, 4.69) is 22.6 Å². The molecule has 1 saturated carbocycles. The number of likely N-dealkylation sites (tertiary alicyclic amines) is 1. The number of carboxylic acid groups (broad SMARTS) is 1. The van der Waals surface area contributed by atoms with Gasteiger partial charge in [0.1, 0.15) is 24.4 Å². The Hall–Kier alpha value is -3.82. The van der Waals surface area contributed by atoms with Crippen molar-refractivity contribution in [1.82, 2.24) is 24.3 Å². The van der Waals surface area contributed by atoms with Crippen molar-refractivity contribution < 1.29 is 19.4 Å². The Bertz CT molecular complexity index is 1320. The monoisotopic (exact) mass is 518 g/mol. The highest BCUT2D eigenvalue weighted by Gasteiger charge is 2.35. The van der Waals surface area contributed by atoms with Crippen LogP contribution in [-0.2, 0) is 11.3 Å². The van der Waals surface area contributed by atoms with Crippen LogP contribution in [0.4, 0.5) is 15.4 Å². The van der Waals surface area contributed by atoms with Gasteiger partial charge in [0, 0.05) is 45.0 Å². The zero-order valence-corrected chi connectivity index (χ0v) is 21.7. The Morgan fingerprint density at radius 1 is 1.03 bits per heavy atom. The van der Waals surface area contributed by atoms with Gasteiger partial charge in [-0.05, 0) is 49.7 Å². The van der Waals surface area contributed by atoms with Crippen molar-refractivity contribution in [2.45, 2.75) is 57.2 Å². The summed E-state index contributed by atoms with van der Waals surface area (Å²) in [5, 5.41) is 10.5. The molecule has 3 fully saturated rings. The standard InChI is InChI=1S/C28H34N6O4/c1-19-14-31(27(35)36)12-13-33(19)25-24-23(21-9-10-21)16-34(26(24)30-18-29-25)22-8-5-11-32(15-22)28(37)38-17-20-6-3-2-4-7-20/h2-4,6-7,16,18-19,21-22H,5,8-15,17H2,1H3,(H,35,36)/t19-,22?/m0/s1. The smallest absolute Gasteiger partial charge is 0.410 e. The highest BCUT2D eigenvalue weighted by atomic mass is 16.6. The molecule has 4 heterocycles. The number of piperazine rings is 1. The van der Waals surface area contributed by atoms with Gasteiger partial charge < -0.3 is 29.1 Å². The lowest BCUT2D eigenvalue weighted by molar-refractivity contribution is 0.0806. The highest BCUT2D eigenvalue weighted by Crippen LogP contribution is 2.47. The van der Waals surface area contributed by atoms with Gasteiger partial charge >= 0.3 is 12.2 Å². The van der Waals surface area contributed by atoms with Gasteiger partial charge in [-0.2, -0.15) is 0 Å². The molecule has 3 aromatic rings. The molecule has 0 spiro atoms. The summed E-state index contributed by atoms with van der Waals surface area (Å²) in [5.41, 5.74) is 3.14. The number of amides is 2. The Morgan fingerprint density at radius 3 is 2.58 bits per heavy atom. The lowest BCUT2D eigenvalue weighted by Crippen LogP contribution is -2.53. The van der Waals surface area contributed by atoms with Crippen LogP contribution in [0, 0.1) is 0 Å². The van der Waals surface area contributed by atoms with Crippen LogP contribution in [0.25, 0.3) is 11.0 Å². The van der Waals surface area contributed by atoms with E-state index in [9.17, 15) is 14.7 Å². The van der Waals surface area contributed by atoms with Gasteiger partial charge in [0.25, 0.3) is 0 Å². The molecule has 6 rings (SSSR count). The normalized spacial score (nSPS) is 22.1. The van der Waals surface area contributed by atoms with Crippen molar-refractivity contribution in [1.29, 1.82) is 0 Å². The first kappa shape index (κ1) is 24.5. The zero-order valence-electron chi connectivity index (χ0n) is 21.7. The van der Waals surface area contributed by atoms with E-state index in [0.717, 1.165) is 48.1 Å². The molecule has 10 heteroatoms. The van der Waals surface area contributed by atoms with Crippen molar-refractivity contribution in [2.24, 2.45) is 0 Å². The second kappa shape index (κ2) is 10.2. The van der Waals surface area contributed by atoms with Crippen LogP contribution in [0.5, 0.6) is 0 Å². The average molecular weight is 519 g/mol. The number of hydrogen-bond donors (Lipinski definition) is 1. The van der Waals surface area contributed by atoms with Gasteiger partial charge in [0.15, 0.2) is 0 Å². The Labute approximate surface area is 221 Å². The van der Waals surface area contributed by atoms with Gasteiger partial charge in [-0.1, -0.05) is 30.3 Å². The van der Waals surface area contributed by atoms with E-state index >= 15 is 0 Å². The maximum absolute atomic E-state index is 12.9. The quantitative estimate of drug-likeness (QED) is 0.531. The van der Waals surface area contributed by atoms with Crippen LogP contribution in [-0.4, -0.2) is 80.4 Å². The molecule has 3 aliphatic rings. The molecule has 2 aromatic heterocycles. The van der Waals surface area contributed by atoms with E-state index in [-0.39, 0.29) is 24.8 Å². The predicted molar refractivity (Wildman–Crippen MR) is 142 cm³/mol. The van der Waals surface area contributed by atoms with Gasteiger partial charge in [0.05, 0.1) is 11.4 Å². The largest absolute Gasteiger partial charge is 0.465 e. The molecular weight excluding hydrogens is 484 g/mol. The first-order valence-electron chi connectivity index (χ1n) is 13.5. The summed E-state index contributed by atoms with van der Waals surface area (Å²) in [7, 11) is 0. The first-order valence-corrected chi connectivity index (χ1v) is 13.5. The summed E-state index contributed by atoms with van der Waals surface area (Å²) >= 11 is 0. The number of carbonyl (C=O) groups is 2. The molecule has 1 aromatic carbocycles. The van der Waals surface area contributed by atoms with Crippen LogP contribution in [0.1, 0.15) is 55.7 Å². The fraction of sp³-hybridized carbons (Fsp3) is 0.500. The van der Waals surface area contributed by atoms with Crippen molar-refractivity contribution in [2.75, 3.05) is 37.6 Å². The molecule has 1 unspecified atom stereocenters. The minimum Gasteiger partial charge on any atom is -0.465 e. The third-order valence-electron chi connectivity index (χ3n) is 8.06. The van der Waals surface area contributed by atoms with Gasteiger partial charge in [-0.25, -0.2) is 19.6 Å². The van der Waals surface area contributed by atoms with E-state index in [1.807, 2.05) is 35.2 Å². The molecule has 10 nitrogen and oxygen atoms in total. The summed E-state index contributed by atoms with van der Waals surface area (Å²) in [4.78, 5) is 39.4. The molecule has 0 radical (unpaired) electrons. The minimum absolute atomic E-state index is 0.0120. The molecular formula is C28H34N6O4. The van der Waals surface area contributed by atoms with Crippen LogP contribution in [0.15, 0.2) is 42.9 Å². The molecule has 1 aliphatic carbocycles. The van der Waals surface area contributed by atoms with Crippen molar-refractivity contribution in [3.63, 3.8) is 0 Å². The molecule has 2 amide bonds. The van der Waals surface area contributed by atoms with E-state index < -0.39 is 6.09 Å². The number of fused-ring (bicyclic) bond motifs is 1. The minimum atomic E-state index is -0.877. The van der Waals surface area contributed by atoms with Crippen LogP contribution in [0.2, 0.25) is 0 Å². The third kappa shape index (κ3) is 4.75. The third-order valence-corrected chi connectivity index (χ3v) is 8.06. The maximum atomic E-state index is 12.9. The second-order valence-corrected chi connectivity index (χ2v) is 10.7. The maximum Gasteiger partial charge on any atom is 0.410 e. The van der Waals surface area contributed by atoms with Gasteiger partial charge in [0.2, 0.25) is 0 Å². The zero-order chi connectivity index (χ0) is 26.2. The average Bonchev–Trinajstić information content (AvgIpc) is 3.71. The molecule has 2 aliphatic heterocycles. The van der Waals surface area contributed by atoms with Crippen LogP contribution >= 0.6 is 0 Å². The number of rotatable bonds is 5. The van der Waals surface area contributed by atoms with Crippen LogP contribution < -0.4 is 4.90 Å². The number of aromatic nitrogens is 3. The predicted octanol–water partition coefficient (Wildman–Crippen LogP) is 4.47. The van der Waals surface area contributed by atoms with Crippen molar-refractivity contribution in [3.8, 4) is 0 Å². The van der Waals surface area contributed by atoms with Crippen molar-refractivity contribution >= 4 is 29.0 Å². The number of ether oxygens (including phenoxy) is 1. The number of piperidine rings is 1. The SMILES string of the molecule is C[C@H]1CN(C(=O)O)CCN1c1ncnc2c1c(C1CC1)cn2C1CCCN(C(=O)OCc2ccccc2)C1. The summed E-state index contributed by atoms with van der Waals surface area (Å²) in [6.45, 7) is 5.08. The van der Waals surface area contributed by atoms with E-state index in [1.54, 1.807) is 6.33 Å². The first-order chi connectivity index (χ1) is 18.5. The van der Waals surface area contributed by atoms with Crippen LogP contribution in [0.3, 0.4) is 0 Å². The summed E-state index contributed by atoms with van der Waals surface area (Å²) in [6, 6.07) is 9.86. The summed E-state index contributed by atoms with van der Waals surface area (Å²) < 4.78 is 7.88. The summed E-state index contributed by atoms with van der Waals surface area (Å²) in [5.74, 6) is 1.39. The number of hydrogen-bond acceptors (Lipinski definition) is 6. The molecule has 1 N–H and O–H groups in total. The topological polar surface area (TPSA) is 104 Å². The molecule has 38 heavy (non-hydrogen) atoms. The molecule has 200 valence electrons. The highest BCUT2D eigenvalue weighted by molar-refractivity contribution is 5.92. The van der Waals surface area contributed by atoms with Gasteiger partial charge in [-0.15, -0.1) is 0 Å². The lowest BCUT2D eigenvalue weighted by Gasteiger charge is -2.39. The summed E-state index contributed by atoms with van der Waals surface area (Å²) in [6.07, 6.45) is 6.87. The molecule has 2 atom stereocenters. The fourth-order valence-electron chi connectivity index (χ4n) is 5.90. The van der Waals surface area contributed by atoms with E-state index in [0.29, 0.717) is 38.6 Å². The Morgan fingerprint density at radius 2 is 1.84 bits per heavy atom. The van der Waals surface area contributed by atoms with E-state index in [1.165, 1.54) is 10.5 Å². The lowest BCUT2D eigenvalue weighted by atomic mass is 10.1. The fourth-order valence-corrected chi connectivity index (χ4v) is 5.90. The number of anilines is 1. The number of nitrogens with zero attached hydrogens (tertiary/aromatic N) is 6. The second-order valence-electron chi connectivity index (χ2n) is 10.7. The number of carbonyl (C=O) groups excluding carboxylic acids is 1.